The first-order chi connectivity index (χ1) is 9.38. The van der Waals surface area contributed by atoms with Gasteiger partial charge in [0.15, 0.2) is 0 Å². The summed E-state index contributed by atoms with van der Waals surface area (Å²) in [4.78, 5) is 15.9. The fraction of sp³-hybridized carbons (Fsp3) is 0.500. The molecule has 1 amide bonds. The van der Waals surface area contributed by atoms with Crippen molar-refractivity contribution in [3.8, 4) is 0 Å². The van der Waals surface area contributed by atoms with Crippen molar-refractivity contribution in [2.45, 2.75) is 6.42 Å². The van der Waals surface area contributed by atoms with Crippen molar-refractivity contribution >= 4 is 17.3 Å². The van der Waals surface area contributed by atoms with Gasteiger partial charge in [-0.15, -0.1) is 0 Å². The highest BCUT2D eigenvalue weighted by Gasteiger charge is 2.09. The Morgan fingerprint density at radius 1 is 1.30 bits per heavy atom. The van der Waals surface area contributed by atoms with Crippen LogP contribution in [0.5, 0.6) is 0 Å². The molecule has 20 heavy (non-hydrogen) atoms. The molecule has 0 fully saturated rings. The molecule has 6 heteroatoms. The Bertz CT molecular complexity index is 451. The Morgan fingerprint density at radius 3 is 2.65 bits per heavy atom. The van der Waals surface area contributed by atoms with E-state index in [4.69, 9.17) is 5.73 Å². The predicted molar refractivity (Wildman–Crippen MR) is 80.1 cm³/mol. The number of nitrogens with two attached hydrogens (primary N) is 1. The van der Waals surface area contributed by atoms with Gasteiger partial charge in [-0.25, -0.2) is 4.39 Å². The number of halogens is 1. The van der Waals surface area contributed by atoms with Crippen molar-refractivity contribution in [3.63, 3.8) is 0 Å². The van der Waals surface area contributed by atoms with E-state index >= 15 is 0 Å². The molecule has 0 unspecified atom stereocenters. The molecule has 3 N–H and O–H groups in total. The van der Waals surface area contributed by atoms with E-state index in [2.05, 4.69) is 10.2 Å². The predicted octanol–water partition coefficient (Wildman–Crippen LogP) is 1.23. The van der Waals surface area contributed by atoms with Crippen LogP contribution >= 0.6 is 0 Å². The molecule has 0 aromatic heterocycles. The van der Waals surface area contributed by atoms with Crippen molar-refractivity contribution in [2.75, 3.05) is 51.8 Å². The van der Waals surface area contributed by atoms with Gasteiger partial charge in [0.1, 0.15) is 5.82 Å². The fourth-order valence-electron chi connectivity index (χ4n) is 1.81. The monoisotopic (exact) mass is 282 g/mol. The van der Waals surface area contributed by atoms with Crippen LogP contribution in [-0.2, 0) is 4.79 Å². The average Bonchev–Trinajstić information content (AvgIpc) is 2.33. The topological polar surface area (TPSA) is 61.6 Å². The lowest BCUT2D eigenvalue weighted by Crippen LogP contribution is -2.32. The Morgan fingerprint density at radius 2 is 2.00 bits per heavy atom. The lowest BCUT2D eigenvalue weighted by molar-refractivity contribution is -0.117. The molecule has 0 aliphatic heterocycles. The number of rotatable bonds is 7. The summed E-state index contributed by atoms with van der Waals surface area (Å²) in [5.41, 5.74) is 6.35. The molecule has 0 bridgehead atoms. The molecular formula is C14H23FN4O. The van der Waals surface area contributed by atoms with Gasteiger partial charge in [0.25, 0.3) is 0 Å². The van der Waals surface area contributed by atoms with Crippen LogP contribution in [-0.4, -0.2) is 56.5 Å². The van der Waals surface area contributed by atoms with Gasteiger partial charge in [-0.05, 0) is 58.9 Å². The van der Waals surface area contributed by atoms with Crippen LogP contribution in [0.2, 0.25) is 0 Å². The first kappa shape index (κ1) is 16.4. The summed E-state index contributed by atoms with van der Waals surface area (Å²) in [7, 11) is 5.91. The molecule has 1 aromatic rings. The molecule has 0 aliphatic rings. The maximum atomic E-state index is 13.1. The van der Waals surface area contributed by atoms with Crippen LogP contribution in [0, 0.1) is 5.82 Å². The number of nitrogen functional groups attached to an aromatic ring is 1. The van der Waals surface area contributed by atoms with E-state index in [1.54, 1.807) is 0 Å². The molecule has 1 rings (SSSR count). The summed E-state index contributed by atoms with van der Waals surface area (Å²) in [5.74, 6) is -0.622. The third-order valence-corrected chi connectivity index (χ3v) is 2.85. The maximum Gasteiger partial charge on any atom is 0.238 e. The van der Waals surface area contributed by atoms with Crippen LogP contribution in [0.1, 0.15) is 6.42 Å². The molecule has 0 saturated carbocycles. The molecule has 0 radical (unpaired) electrons. The van der Waals surface area contributed by atoms with Crippen LogP contribution in [0.25, 0.3) is 0 Å². The second-order valence-corrected chi connectivity index (χ2v) is 5.17. The summed E-state index contributed by atoms with van der Waals surface area (Å²) < 4.78 is 13.1. The maximum absolute atomic E-state index is 13.1. The van der Waals surface area contributed by atoms with E-state index in [1.165, 1.54) is 18.2 Å². The Kier molecular flexibility index (Phi) is 6.41. The van der Waals surface area contributed by atoms with Gasteiger partial charge in [0.2, 0.25) is 5.91 Å². The van der Waals surface area contributed by atoms with Gasteiger partial charge >= 0.3 is 0 Å². The van der Waals surface area contributed by atoms with E-state index in [1.807, 2.05) is 26.0 Å². The zero-order chi connectivity index (χ0) is 15.1. The van der Waals surface area contributed by atoms with Crippen molar-refractivity contribution in [1.29, 1.82) is 0 Å². The average molecular weight is 282 g/mol. The minimum Gasteiger partial charge on any atom is -0.397 e. The number of nitrogens with one attached hydrogen (secondary N) is 1. The minimum absolute atomic E-state index is 0.199. The zero-order valence-corrected chi connectivity index (χ0v) is 12.3. The Balaban J connectivity index is 2.41. The van der Waals surface area contributed by atoms with Gasteiger partial charge in [-0.2, -0.15) is 0 Å². The number of hydrogen-bond donors (Lipinski definition) is 2. The van der Waals surface area contributed by atoms with Gasteiger partial charge in [-0.3, -0.25) is 9.69 Å². The first-order valence-corrected chi connectivity index (χ1v) is 6.56. The molecule has 0 aliphatic carbocycles. The van der Waals surface area contributed by atoms with Gasteiger partial charge in [0.05, 0.1) is 17.9 Å². The Hall–Kier alpha value is -1.66. The third kappa shape index (κ3) is 5.99. The highest BCUT2D eigenvalue weighted by Crippen LogP contribution is 2.18. The summed E-state index contributed by atoms with van der Waals surface area (Å²) in [6.07, 6.45) is 0.985. The lowest BCUT2D eigenvalue weighted by Gasteiger charge is -2.18. The minimum atomic E-state index is -0.422. The van der Waals surface area contributed by atoms with Crippen LogP contribution in [0.3, 0.4) is 0 Å². The number of carbonyl (C=O) groups excluding carboxylic acids is 1. The molecule has 0 heterocycles. The molecule has 0 spiro atoms. The Labute approximate surface area is 119 Å². The van der Waals surface area contributed by atoms with E-state index in [-0.39, 0.29) is 12.5 Å². The number of hydrogen-bond acceptors (Lipinski definition) is 4. The van der Waals surface area contributed by atoms with Crippen LogP contribution < -0.4 is 11.1 Å². The van der Waals surface area contributed by atoms with Crippen molar-refractivity contribution in [3.05, 3.63) is 24.0 Å². The number of amides is 1. The van der Waals surface area contributed by atoms with Gasteiger partial charge in [0, 0.05) is 0 Å². The van der Waals surface area contributed by atoms with Crippen molar-refractivity contribution in [1.82, 2.24) is 9.80 Å². The highest BCUT2D eigenvalue weighted by atomic mass is 19.1. The van der Waals surface area contributed by atoms with E-state index in [0.717, 1.165) is 19.5 Å². The fourth-order valence-corrected chi connectivity index (χ4v) is 1.81. The van der Waals surface area contributed by atoms with Gasteiger partial charge < -0.3 is 16.0 Å². The van der Waals surface area contributed by atoms with E-state index in [0.29, 0.717) is 11.4 Å². The second kappa shape index (κ2) is 7.81. The van der Waals surface area contributed by atoms with E-state index < -0.39 is 5.82 Å². The molecular weight excluding hydrogens is 259 g/mol. The molecule has 112 valence electrons. The third-order valence-electron chi connectivity index (χ3n) is 2.85. The lowest BCUT2D eigenvalue weighted by atomic mass is 10.2. The zero-order valence-electron chi connectivity index (χ0n) is 12.3. The summed E-state index contributed by atoms with van der Waals surface area (Å²) >= 11 is 0. The number of anilines is 2. The molecule has 1 aromatic carbocycles. The van der Waals surface area contributed by atoms with Crippen LogP contribution in [0.4, 0.5) is 15.8 Å². The molecule has 0 atom stereocenters. The summed E-state index contributed by atoms with van der Waals surface area (Å²) in [6.45, 7) is 2.05. The highest BCUT2D eigenvalue weighted by molar-refractivity contribution is 5.95. The molecule has 0 saturated heterocycles. The van der Waals surface area contributed by atoms with E-state index in [9.17, 15) is 9.18 Å². The summed E-state index contributed by atoms with van der Waals surface area (Å²) in [5, 5.41) is 2.63. The summed E-state index contributed by atoms with van der Waals surface area (Å²) in [6, 6.07) is 3.92. The molecule has 5 nitrogen and oxygen atoms in total. The largest absolute Gasteiger partial charge is 0.397 e. The number of nitrogens with zero attached hydrogens (tertiary/aromatic N) is 2. The quantitative estimate of drug-likeness (QED) is 0.738. The first-order valence-electron chi connectivity index (χ1n) is 6.56. The number of likely N-dealkylation sites (N-methyl/N-ethyl adjacent to an activating group) is 1. The van der Waals surface area contributed by atoms with Gasteiger partial charge in [-0.1, -0.05) is 0 Å². The number of benzene rings is 1. The van der Waals surface area contributed by atoms with Crippen molar-refractivity contribution in [2.24, 2.45) is 0 Å². The van der Waals surface area contributed by atoms with Crippen molar-refractivity contribution < 1.29 is 9.18 Å². The second-order valence-electron chi connectivity index (χ2n) is 5.17. The standard InChI is InChI=1S/C14H23FN4O/c1-18(2)7-4-8-19(3)10-14(20)17-13-9-11(15)5-6-12(13)16/h5-6,9H,4,7-8,10,16H2,1-3H3,(H,17,20). The number of carbonyl (C=O) groups is 1. The SMILES string of the molecule is CN(C)CCCN(C)CC(=O)Nc1cc(F)ccc1N. The normalized spacial score (nSPS) is 11.1. The van der Waals surface area contributed by atoms with Crippen LogP contribution in [0.15, 0.2) is 18.2 Å². The smallest absolute Gasteiger partial charge is 0.238 e.